The van der Waals surface area contributed by atoms with Crippen molar-refractivity contribution in [1.82, 2.24) is 9.88 Å². The Kier molecular flexibility index (Phi) is 4.20. The molecule has 0 amide bonds. The SMILES string of the molecule is CC(CNc1ncc(C(=O)O)c2ccccc12)N(C)C. The summed E-state index contributed by atoms with van der Waals surface area (Å²) >= 11 is 0. The van der Waals surface area contributed by atoms with Crippen molar-refractivity contribution in [1.29, 1.82) is 0 Å². The molecule has 106 valence electrons. The molecule has 1 unspecified atom stereocenters. The summed E-state index contributed by atoms with van der Waals surface area (Å²) in [5.41, 5.74) is 0.229. The highest BCUT2D eigenvalue weighted by atomic mass is 16.4. The van der Waals surface area contributed by atoms with Crippen LogP contribution in [0.3, 0.4) is 0 Å². The van der Waals surface area contributed by atoms with Crippen molar-refractivity contribution in [2.75, 3.05) is 26.0 Å². The lowest BCUT2D eigenvalue weighted by Crippen LogP contribution is -2.31. The normalized spacial score (nSPS) is 12.6. The topological polar surface area (TPSA) is 65.5 Å². The van der Waals surface area contributed by atoms with Gasteiger partial charge in [-0.3, -0.25) is 0 Å². The number of anilines is 1. The van der Waals surface area contributed by atoms with E-state index in [-0.39, 0.29) is 5.56 Å². The molecule has 1 aromatic carbocycles. The summed E-state index contributed by atoms with van der Waals surface area (Å²) in [4.78, 5) is 17.6. The maximum atomic E-state index is 11.2. The summed E-state index contributed by atoms with van der Waals surface area (Å²) < 4.78 is 0. The highest BCUT2D eigenvalue weighted by molar-refractivity contribution is 6.06. The quantitative estimate of drug-likeness (QED) is 0.875. The first-order valence-electron chi connectivity index (χ1n) is 6.52. The number of hydrogen-bond acceptors (Lipinski definition) is 4. The van der Waals surface area contributed by atoms with Gasteiger partial charge in [0.15, 0.2) is 0 Å². The lowest BCUT2D eigenvalue weighted by Gasteiger charge is -2.20. The number of carbonyl (C=O) groups is 1. The molecule has 0 aliphatic heterocycles. The molecule has 0 aliphatic carbocycles. The average Bonchev–Trinajstić information content (AvgIpc) is 2.43. The van der Waals surface area contributed by atoms with Crippen molar-refractivity contribution in [2.45, 2.75) is 13.0 Å². The molecule has 1 heterocycles. The molecule has 20 heavy (non-hydrogen) atoms. The van der Waals surface area contributed by atoms with Crippen LogP contribution in [0, 0.1) is 0 Å². The molecule has 2 rings (SSSR count). The number of aromatic nitrogens is 1. The molecule has 5 nitrogen and oxygen atoms in total. The van der Waals surface area contributed by atoms with Gasteiger partial charge in [-0.05, 0) is 21.0 Å². The maximum Gasteiger partial charge on any atom is 0.337 e. The van der Waals surface area contributed by atoms with Crippen LogP contribution in [0.2, 0.25) is 0 Å². The zero-order chi connectivity index (χ0) is 14.7. The third-order valence-electron chi connectivity index (χ3n) is 3.47. The minimum absolute atomic E-state index is 0.229. The highest BCUT2D eigenvalue weighted by Crippen LogP contribution is 2.24. The molecular formula is C15H19N3O2. The fraction of sp³-hybridized carbons (Fsp3) is 0.333. The first-order chi connectivity index (χ1) is 9.50. The van der Waals surface area contributed by atoms with Gasteiger partial charge >= 0.3 is 5.97 Å². The van der Waals surface area contributed by atoms with Gasteiger partial charge in [0.05, 0.1) is 5.56 Å². The van der Waals surface area contributed by atoms with E-state index >= 15 is 0 Å². The zero-order valence-electron chi connectivity index (χ0n) is 11.9. The molecule has 0 bridgehead atoms. The minimum atomic E-state index is -0.957. The van der Waals surface area contributed by atoms with Crippen molar-refractivity contribution in [2.24, 2.45) is 0 Å². The molecule has 1 aromatic heterocycles. The van der Waals surface area contributed by atoms with Crippen LogP contribution in [0.1, 0.15) is 17.3 Å². The number of benzene rings is 1. The number of rotatable bonds is 5. The van der Waals surface area contributed by atoms with Crippen LogP contribution in [-0.2, 0) is 0 Å². The van der Waals surface area contributed by atoms with Crippen molar-refractivity contribution in [3.05, 3.63) is 36.0 Å². The van der Waals surface area contributed by atoms with Gasteiger partial charge in [0.2, 0.25) is 0 Å². The molecular weight excluding hydrogens is 254 g/mol. The molecule has 2 aromatic rings. The van der Waals surface area contributed by atoms with Crippen LogP contribution in [0.25, 0.3) is 10.8 Å². The Hall–Kier alpha value is -2.14. The second kappa shape index (κ2) is 5.88. The monoisotopic (exact) mass is 273 g/mol. The van der Waals surface area contributed by atoms with Crippen LogP contribution in [0.5, 0.6) is 0 Å². The van der Waals surface area contributed by atoms with Gasteiger partial charge in [0, 0.05) is 29.6 Å². The Balaban J connectivity index is 2.36. The lowest BCUT2D eigenvalue weighted by molar-refractivity contribution is 0.0698. The second-order valence-electron chi connectivity index (χ2n) is 5.06. The van der Waals surface area contributed by atoms with E-state index < -0.39 is 5.97 Å². The predicted molar refractivity (Wildman–Crippen MR) is 80.3 cm³/mol. The number of pyridine rings is 1. The standard InChI is InChI=1S/C15H19N3O2/c1-10(18(2)3)8-16-14-12-7-5-4-6-11(12)13(9-17-14)15(19)20/h4-7,9-10H,8H2,1-3H3,(H,16,17)(H,19,20). The van der Waals surface area contributed by atoms with Crippen LogP contribution in [-0.4, -0.2) is 47.6 Å². The van der Waals surface area contributed by atoms with Gasteiger partial charge in [0.25, 0.3) is 0 Å². The summed E-state index contributed by atoms with van der Waals surface area (Å²) in [5, 5.41) is 14.0. The van der Waals surface area contributed by atoms with Gasteiger partial charge in [-0.15, -0.1) is 0 Å². The predicted octanol–water partition coefficient (Wildman–Crippen LogP) is 2.29. The number of carboxylic acids is 1. The Morgan fingerprint density at radius 2 is 2.00 bits per heavy atom. The van der Waals surface area contributed by atoms with Gasteiger partial charge in [-0.1, -0.05) is 24.3 Å². The van der Waals surface area contributed by atoms with Crippen molar-refractivity contribution >= 4 is 22.6 Å². The van der Waals surface area contributed by atoms with Gasteiger partial charge in [-0.25, -0.2) is 9.78 Å². The van der Waals surface area contributed by atoms with E-state index in [0.717, 1.165) is 17.7 Å². The van der Waals surface area contributed by atoms with Crippen LogP contribution < -0.4 is 5.32 Å². The molecule has 0 saturated heterocycles. The second-order valence-corrected chi connectivity index (χ2v) is 5.06. The van der Waals surface area contributed by atoms with Gasteiger partial charge in [0.1, 0.15) is 5.82 Å². The first-order valence-corrected chi connectivity index (χ1v) is 6.52. The largest absolute Gasteiger partial charge is 0.478 e. The van der Waals surface area contributed by atoms with Crippen LogP contribution in [0.4, 0.5) is 5.82 Å². The molecule has 2 N–H and O–H groups in total. The fourth-order valence-electron chi connectivity index (χ4n) is 1.93. The van der Waals surface area contributed by atoms with Crippen molar-refractivity contribution in [3.63, 3.8) is 0 Å². The van der Waals surface area contributed by atoms with E-state index in [9.17, 15) is 9.90 Å². The van der Waals surface area contributed by atoms with E-state index in [4.69, 9.17) is 0 Å². The van der Waals surface area contributed by atoms with Crippen LogP contribution in [0.15, 0.2) is 30.5 Å². The number of nitrogens with one attached hydrogen (secondary N) is 1. The summed E-state index contributed by atoms with van der Waals surface area (Å²) in [6.45, 7) is 2.86. The van der Waals surface area contributed by atoms with E-state index in [2.05, 4.69) is 22.1 Å². The number of hydrogen-bond donors (Lipinski definition) is 2. The molecule has 0 radical (unpaired) electrons. The Morgan fingerprint density at radius 1 is 1.35 bits per heavy atom. The minimum Gasteiger partial charge on any atom is -0.478 e. The third kappa shape index (κ3) is 2.88. The maximum absolute atomic E-state index is 11.2. The highest BCUT2D eigenvalue weighted by Gasteiger charge is 2.12. The molecule has 0 aliphatic rings. The summed E-state index contributed by atoms with van der Waals surface area (Å²) in [6.07, 6.45) is 1.41. The van der Waals surface area contributed by atoms with Crippen LogP contribution >= 0.6 is 0 Å². The number of carboxylic acid groups (broad SMARTS) is 1. The molecule has 5 heteroatoms. The zero-order valence-corrected chi connectivity index (χ0v) is 11.9. The van der Waals surface area contributed by atoms with Gasteiger partial charge in [-0.2, -0.15) is 0 Å². The Bertz CT molecular complexity index is 626. The van der Waals surface area contributed by atoms with Gasteiger partial charge < -0.3 is 15.3 Å². The summed E-state index contributed by atoms with van der Waals surface area (Å²) in [7, 11) is 4.04. The Morgan fingerprint density at radius 3 is 2.60 bits per heavy atom. The van der Waals surface area contributed by atoms with E-state index in [0.29, 0.717) is 11.4 Å². The summed E-state index contributed by atoms with van der Waals surface area (Å²) in [5.74, 6) is -0.235. The number of fused-ring (bicyclic) bond motifs is 1. The van der Waals surface area contributed by atoms with Crippen molar-refractivity contribution < 1.29 is 9.90 Å². The molecule has 0 saturated carbocycles. The average molecular weight is 273 g/mol. The number of likely N-dealkylation sites (N-methyl/N-ethyl adjacent to an activating group) is 1. The van der Waals surface area contributed by atoms with E-state index in [1.54, 1.807) is 6.07 Å². The van der Waals surface area contributed by atoms with E-state index in [1.165, 1.54) is 6.20 Å². The lowest BCUT2D eigenvalue weighted by atomic mass is 10.1. The molecule has 0 spiro atoms. The number of nitrogens with zero attached hydrogens (tertiary/aromatic N) is 2. The first kappa shape index (κ1) is 14.3. The molecule has 1 atom stereocenters. The van der Waals surface area contributed by atoms with E-state index in [1.807, 2.05) is 32.3 Å². The third-order valence-corrected chi connectivity index (χ3v) is 3.47. The fourth-order valence-corrected chi connectivity index (χ4v) is 1.93. The van der Waals surface area contributed by atoms with Crippen molar-refractivity contribution in [3.8, 4) is 0 Å². The molecule has 0 fully saturated rings. The Labute approximate surface area is 118 Å². The smallest absolute Gasteiger partial charge is 0.337 e. The number of aromatic carboxylic acids is 1. The summed E-state index contributed by atoms with van der Waals surface area (Å²) in [6, 6.07) is 7.77.